The van der Waals surface area contributed by atoms with Gasteiger partial charge in [-0.3, -0.25) is 4.72 Å². The lowest BCUT2D eigenvalue weighted by Gasteiger charge is -2.05. The summed E-state index contributed by atoms with van der Waals surface area (Å²) in [6.45, 7) is 1.34. The molecule has 2 aromatic rings. The monoisotopic (exact) mass is 307 g/mol. The van der Waals surface area contributed by atoms with E-state index in [1.807, 2.05) is 6.07 Å². The van der Waals surface area contributed by atoms with Gasteiger partial charge < -0.3 is 9.52 Å². The Bertz CT molecular complexity index is 831. The maximum absolute atomic E-state index is 12.1. The molecule has 0 saturated heterocycles. The number of carboxylic acid groups (broad SMARTS) is 1. The summed E-state index contributed by atoms with van der Waals surface area (Å²) in [5.74, 6) is -1.88. The van der Waals surface area contributed by atoms with E-state index in [4.69, 9.17) is 14.8 Å². The Morgan fingerprint density at radius 2 is 2.19 bits per heavy atom. The van der Waals surface area contributed by atoms with Crippen LogP contribution in [0.5, 0.6) is 0 Å². The molecular formula is C12H9N3O5S. The van der Waals surface area contributed by atoms with Crippen LogP contribution in [0.2, 0.25) is 0 Å². The average Bonchev–Trinajstić information content (AvgIpc) is 2.82. The zero-order valence-electron chi connectivity index (χ0n) is 10.7. The van der Waals surface area contributed by atoms with Gasteiger partial charge in [0, 0.05) is 12.3 Å². The fraction of sp³-hybridized carbons (Fsp3) is 0.0833. The molecule has 0 fully saturated rings. The minimum Gasteiger partial charge on any atom is -0.475 e. The molecule has 9 heteroatoms. The van der Waals surface area contributed by atoms with Crippen LogP contribution in [0.4, 0.5) is 5.82 Å². The van der Waals surface area contributed by atoms with E-state index >= 15 is 0 Å². The number of aromatic nitrogens is 1. The lowest BCUT2D eigenvalue weighted by molar-refractivity contribution is 0.0661. The number of aryl methyl sites for hydroxylation is 1. The number of carbonyl (C=O) groups is 1. The summed E-state index contributed by atoms with van der Waals surface area (Å²) in [5, 5.41) is 17.4. The first-order valence-electron chi connectivity index (χ1n) is 5.56. The SMILES string of the molecule is Cc1oc(C(=O)O)cc1S(=O)(=O)Nc1ccc(C#N)cn1. The first kappa shape index (κ1) is 14.5. The van der Waals surface area contributed by atoms with E-state index in [1.54, 1.807) is 0 Å². The minimum absolute atomic E-state index is 0.00600. The summed E-state index contributed by atoms with van der Waals surface area (Å²) in [4.78, 5) is 14.3. The van der Waals surface area contributed by atoms with E-state index in [0.29, 0.717) is 0 Å². The van der Waals surface area contributed by atoms with Gasteiger partial charge in [-0.05, 0) is 19.1 Å². The highest BCUT2D eigenvalue weighted by atomic mass is 32.2. The van der Waals surface area contributed by atoms with Gasteiger partial charge >= 0.3 is 5.97 Å². The number of nitrogens with zero attached hydrogens (tertiary/aromatic N) is 2. The zero-order valence-corrected chi connectivity index (χ0v) is 11.5. The zero-order chi connectivity index (χ0) is 15.6. The summed E-state index contributed by atoms with van der Waals surface area (Å²) in [6.07, 6.45) is 1.21. The van der Waals surface area contributed by atoms with Crippen molar-refractivity contribution >= 4 is 21.8 Å². The number of pyridine rings is 1. The standard InChI is InChI=1S/C12H9N3O5S/c1-7-10(4-9(20-7)12(16)17)21(18,19)15-11-3-2-8(5-13)6-14-11/h2-4,6H,1H3,(H,14,15)(H,16,17). The summed E-state index contributed by atoms with van der Waals surface area (Å²) >= 11 is 0. The first-order chi connectivity index (χ1) is 9.83. The maximum atomic E-state index is 12.1. The Labute approximate surface area is 119 Å². The van der Waals surface area contributed by atoms with Gasteiger partial charge in [0.05, 0.1) is 5.56 Å². The molecule has 2 rings (SSSR count). The van der Waals surface area contributed by atoms with Gasteiger partial charge in [-0.25, -0.2) is 18.2 Å². The number of nitriles is 1. The van der Waals surface area contributed by atoms with E-state index in [9.17, 15) is 13.2 Å². The van der Waals surface area contributed by atoms with Crippen LogP contribution < -0.4 is 4.72 Å². The smallest absolute Gasteiger partial charge is 0.371 e. The molecule has 0 aliphatic carbocycles. The molecule has 2 N–H and O–H groups in total. The third-order valence-corrected chi connectivity index (χ3v) is 3.97. The molecule has 0 amide bonds. The Hall–Kier alpha value is -2.86. The van der Waals surface area contributed by atoms with Gasteiger partial charge in [-0.1, -0.05) is 0 Å². The van der Waals surface area contributed by atoms with Crippen molar-refractivity contribution in [1.29, 1.82) is 5.26 Å². The molecule has 108 valence electrons. The number of nitrogens with one attached hydrogen (secondary N) is 1. The van der Waals surface area contributed by atoms with Crippen molar-refractivity contribution in [2.45, 2.75) is 11.8 Å². The summed E-state index contributed by atoms with van der Waals surface area (Å²) in [5.41, 5.74) is 0.283. The molecule has 0 atom stereocenters. The van der Waals surface area contributed by atoms with E-state index in [1.165, 1.54) is 25.3 Å². The third-order valence-electron chi connectivity index (χ3n) is 2.50. The molecule has 2 aromatic heterocycles. The molecule has 2 heterocycles. The van der Waals surface area contributed by atoms with Gasteiger partial charge in [0.2, 0.25) is 5.76 Å². The second-order valence-corrected chi connectivity index (χ2v) is 5.64. The maximum Gasteiger partial charge on any atom is 0.371 e. The molecule has 0 saturated carbocycles. The van der Waals surface area contributed by atoms with Crippen molar-refractivity contribution < 1.29 is 22.7 Å². The average molecular weight is 307 g/mol. The van der Waals surface area contributed by atoms with Gasteiger partial charge in [0.25, 0.3) is 10.0 Å². The second kappa shape index (κ2) is 5.26. The molecule has 0 aliphatic rings. The normalized spacial score (nSPS) is 10.9. The third kappa shape index (κ3) is 3.01. The number of hydrogen-bond acceptors (Lipinski definition) is 6. The fourth-order valence-corrected chi connectivity index (χ4v) is 2.74. The molecule has 0 aliphatic heterocycles. The second-order valence-electron chi connectivity index (χ2n) is 3.99. The molecule has 0 bridgehead atoms. The lowest BCUT2D eigenvalue weighted by atomic mass is 10.3. The van der Waals surface area contributed by atoms with Crippen LogP contribution in [0.3, 0.4) is 0 Å². The van der Waals surface area contributed by atoms with Crippen LogP contribution in [0, 0.1) is 18.3 Å². The van der Waals surface area contributed by atoms with Crippen LogP contribution in [-0.2, 0) is 10.0 Å². The van der Waals surface area contributed by atoms with Crippen molar-refractivity contribution in [2.75, 3.05) is 4.72 Å². The van der Waals surface area contributed by atoms with Crippen LogP contribution in [0.1, 0.15) is 21.9 Å². The van der Waals surface area contributed by atoms with Gasteiger partial charge in [-0.2, -0.15) is 5.26 Å². The molecule has 0 radical (unpaired) electrons. The number of carboxylic acids is 1. The Morgan fingerprint density at radius 1 is 1.48 bits per heavy atom. The van der Waals surface area contributed by atoms with E-state index in [-0.39, 0.29) is 22.0 Å². The largest absolute Gasteiger partial charge is 0.475 e. The van der Waals surface area contributed by atoms with Crippen LogP contribution >= 0.6 is 0 Å². The molecular weight excluding hydrogens is 298 g/mol. The fourth-order valence-electron chi connectivity index (χ4n) is 1.55. The van der Waals surface area contributed by atoms with Gasteiger partial charge in [0.1, 0.15) is 22.5 Å². The number of aromatic carboxylic acids is 1. The topological polar surface area (TPSA) is 133 Å². The van der Waals surface area contributed by atoms with Crippen molar-refractivity contribution in [3.05, 3.63) is 41.5 Å². The first-order valence-corrected chi connectivity index (χ1v) is 7.04. The minimum atomic E-state index is -4.03. The van der Waals surface area contributed by atoms with Crippen LogP contribution in [-0.4, -0.2) is 24.5 Å². The van der Waals surface area contributed by atoms with Crippen molar-refractivity contribution in [3.8, 4) is 6.07 Å². The number of hydrogen-bond donors (Lipinski definition) is 2. The summed E-state index contributed by atoms with van der Waals surface area (Å²) in [7, 11) is -4.03. The van der Waals surface area contributed by atoms with Gasteiger partial charge in [0.15, 0.2) is 0 Å². The quantitative estimate of drug-likeness (QED) is 0.870. The van der Waals surface area contributed by atoms with Crippen LogP contribution in [0.15, 0.2) is 33.7 Å². The van der Waals surface area contributed by atoms with Crippen LogP contribution in [0.25, 0.3) is 0 Å². The van der Waals surface area contributed by atoms with E-state index < -0.39 is 21.8 Å². The molecule has 0 spiro atoms. The summed E-state index contributed by atoms with van der Waals surface area (Å²) in [6, 6.07) is 5.50. The number of rotatable bonds is 4. The van der Waals surface area contributed by atoms with E-state index in [2.05, 4.69) is 9.71 Å². The Balaban J connectivity index is 2.33. The highest BCUT2D eigenvalue weighted by Crippen LogP contribution is 2.22. The number of anilines is 1. The highest BCUT2D eigenvalue weighted by Gasteiger charge is 2.24. The predicted octanol–water partition coefficient (Wildman–Crippen LogP) is 1.35. The van der Waals surface area contributed by atoms with Crippen molar-refractivity contribution in [2.24, 2.45) is 0 Å². The Kier molecular flexibility index (Phi) is 3.64. The number of furan rings is 1. The Morgan fingerprint density at radius 3 is 2.67 bits per heavy atom. The lowest BCUT2D eigenvalue weighted by Crippen LogP contribution is -2.14. The predicted molar refractivity (Wildman–Crippen MR) is 70.2 cm³/mol. The molecule has 8 nitrogen and oxygen atoms in total. The molecule has 0 unspecified atom stereocenters. The van der Waals surface area contributed by atoms with Crippen molar-refractivity contribution in [1.82, 2.24) is 4.98 Å². The van der Waals surface area contributed by atoms with Gasteiger partial charge in [-0.15, -0.1) is 0 Å². The number of sulfonamides is 1. The summed E-state index contributed by atoms with van der Waals surface area (Å²) < 4.78 is 31.3. The van der Waals surface area contributed by atoms with E-state index in [0.717, 1.165) is 6.07 Å². The van der Waals surface area contributed by atoms with Crippen molar-refractivity contribution in [3.63, 3.8) is 0 Å². The molecule has 21 heavy (non-hydrogen) atoms. The highest BCUT2D eigenvalue weighted by molar-refractivity contribution is 7.92. The molecule has 0 aromatic carbocycles.